The van der Waals surface area contributed by atoms with Crippen LogP contribution >= 0.6 is 0 Å². The fourth-order valence-electron chi connectivity index (χ4n) is 9.42. The smallest absolute Gasteiger partial charge is 0.187 e. The van der Waals surface area contributed by atoms with Crippen molar-refractivity contribution in [2.75, 3.05) is 39.6 Å². The molecule has 6 aliphatic rings. The molecule has 6 saturated heterocycles. The molecule has 0 aromatic heterocycles. The van der Waals surface area contributed by atoms with E-state index in [4.69, 9.17) is 61.6 Å². The molecule has 30 atom stereocenters. The Kier molecular flexibility index (Phi) is 22.1. The predicted octanol–water partition coefficient (Wildman–Crippen LogP) is -10.8. The molecule has 6 aliphatic heterocycles. The van der Waals surface area contributed by atoms with Crippen molar-refractivity contribution in [1.82, 2.24) is 0 Å². The molecule has 0 saturated carbocycles. The van der Waals surface area contributed by atoms with Gasteiger partial charge in [-0.15, -0.1) is 0 Å². The molecule has 0 bridgehead atoms. The summed E-state index contributed by atoms with van der Waals surface area (Å²) in [5.74, 6) is 0. The van der Waals surface area contributed by atoms with Gasteiger partial charge in [-0.2, -0.15) is 0 Å². The van der Waals surface area contributed by atoms with E-state index in [0.717, 1.165) is 0 Å². The van der Waals surface area contributed by atoms with Crippen LogP contribution in [0.2, 0.25) is 0 Å². The molecule has 31 nitrogen and oxygen atoms in total. The van der Waals surface area contributed by atoms with Crippen LogP contribution in [0.25, 0.3) is 0 Å². The Hall–Kier alpha value is -1.24. The second-order valence-corrected chi connectivity index (χ2v) is 20.2. The second kappa shape index (κ2) is 26.4. The highest BCUT2D eigenvalue weighted by molar-refractivity contribution is 5.00. The summed E-state index contributed by atoms with van der Waals surface area (Å²) in [6.45, 7) is 2.97. The molecule has 0 aromatic carbocycles. The Morgan fingerprint density at radius 1 is 0.351 bits per heavy atom. The van der Waals surface area contributed by atoms with Gasteiger partial charge in [-0.05, 0) is 34.6 Å². The van der Waals surface area contributed by atoms with Crippen LogP contribution in [0, 0.1) is 0 Å². The molecule has 74 heavy (non-hydrogen) atoms. The third-order valence-corrected chi connectivity index (χ3v) is 13.3. The maximum Gasteiger partial charge on any atom is 0.187 e. The average Bonchev–Trinajstić information content (AvgIpc) is 3.35. The van der Waals surface area contributed by atoms with Crippen LogP contribution in [0.4, 0.5) is 0 Å². The quantitative estimate of drug-likeness (QED) is 0.0571. The number of aliphatic hydroxyl groups excluding tert-OH is 18. The van der Waals surface area contributed by atoms with Crippen molar-refractivity contribution >= 4 is 0 Å². The molecular formula is C43H76O31. The lowest BCUT2D eigenvalue weighted by molar-refractivity contribution is -0.390. The summed E-state index contributed by atoms with van der Waals surface area (Å²) in [6.07, 6.45) is -54.8. The summed E-state index contributed by atoms with van der Waals surface area (Å²) in [4.78, 5) is 0. The van der Waals surface area contributed by atoms with Gasteiger partial charge >= 0.3 is 0 Å². The van der Waals surface area contributed by atoms with Crippen LogP contribution in [0.5, 0.6) is 0 Å². The zero-order valence-corrected chi connectivity index (χ0v) is 41.0. The third-order valence-electron chi connectivity index (χ3n) is 13.3. The average molecular weight is 1090 g/mol. The van der Waals surface area contributed by atoms with Gasteiger partial charge in [0.15, 0.2) is 37.7 Å². The van der Waals surface area contributed by atoms with Crippen LogP contribution in [-0.4, -0.2) is 327 Å². The zero-order valence-electron chi connectivity index (χ0n) is 41.0. The zero-order chi connectivity index (χ0) is 54.8. The maximum atomic E-state index is 11.6. The molecule has 0 aliphatic carbocycles. The lowest BCUT2D eigenvalue weighted by atomic mass is 9.95. The van der Waals surface area contributed by atoms with Gasteiger partial charge in [0.2, 0.25) is 0 Å². The molecule has 6 heterocycles. The summed E-state index contributed by atoms with van der Waals surface area (Å²) >= 11 is 0. The molecule has 6 rings (SSSR count). The second-order valence-electron chi connectivity index (χ2n) is 20.2. The largest absolute Gasteiger partial charge is 0.394 e. The van der Waals surface area contributed by atoms with E-state index in [9.17, 15) is 91.9 Å². The number of rotatable bonds is 19. The van der Waals surface area contributed by atoms with Crippen LogP contribution < -0.4 is 0 Å². The molecule has 6 fully saturated rings. The fourth-order valence-corrected chi connectivity index (χ4v) is 9.42. The molecule has 434 valence electrons. The topological polar surface area (TPSA) is 484 Å². The van der Waals surface area contributed by atoms with E-state index in [-0.39, 0.29) is 0 Å². The van der Waals surface area contributed by atoms with E-state index >= 15 is 0 Å². The number of hydrogen-bond donors (Lipinski definition) is 18. The molecule has 0 aromatic rings. The predicted molar refractivity (Wildman–Crippen MR) is 232 cm³/mol. The lowest BCUT2D eigenvalue weighted by Gasteiger charge is -2.49. The van der Waals surface area contributed by atoms with Crippen molar-refractivity contribution in [3.63, 3.8) is 0 Å². The van der Waals surface area contributed by atoms with Crippen LogP contribution in [0.3, 0.4) is 0 Å². The molecule has 0 radical (unpaired) electrons. The minimum atomic E-state index is -2.16. The Bertz CT molecular complexity index is 1680. The van der Waals surface area contributed by atoms with Crippen LogP contribution in [0.1, 0.15) is 34.6 Å². The first-order valence-corrected chi connectivity index (χ1v) is 24.2. The van der Waals surface area contributed by atoms with Crippen LogP contribution in [0.15, 0.2) is 0 Å². The molecule has 30 unspecified atom stereocenters. The summed E-state index contributed by atoms with van der Waals surface area (Å²) < 4.78 is 74.1. The normalized spacial score (nSPS) is 49.8. The summed E-state index contributed by atoms with van der Waals surface area (Å²) in [5, 5.41) is 194. The molecule has 18 N–H and O–H groups in total. The first kappa shape index (κ1) is 62.0. The van der Waals surface area contributed by atoms with E-state index in [0.29, 0.717) is 0 Å². The van der Waals surface area contributed by atoms with Crippen molar-refractivity contribution < 1.29 is 153 Å². The van der Waals surface area contributed by atoms with Crippen molar-refractivity contribution in [1.29, 1.82) is 0 Å². The first-order chi connectivity index (χ1) is 34.8. The third kappa shape index (κ3) is 13.7. The maximum absolute atomic E-state index is 11.6. The van der Waals surface area contributed by atoms with Crippen molar-refractivity contribution in [2.24, 2.45) is 0 Å². The molecule has 31 heteroatoms. The molecule has 0 amide bonds. The van der Waals surface area contributed by atoms with Gasteiger partial charge in [0.25, 0.3) is 0 Å². The molecule has 0 spiro atoms. The van der Waals surface area contributed by atoms with Gasteiger partial charge in [0.1, 0.15) is 146 Å². The number of ether oxygens (including phenoxy) is 13. The van der Waals surface area contributed by atoms with Crippen molar-refractivity contribution in [3.05, 3.63) is 0 Å². The SMILES string of the molecule is CC(C)OC1C(CO)OC(OC2C(CO)OC(OC3C(CO)OC(OCC4OC(OC5C(CO)OC(O)C(O)C5O)C(O)C(O)C4OC4OC(CO)C(OC(C)(C)C)C(O)C4O)C(O)C3O)C(O)C2O)C(O)C1O. The minimum absolute atomic E-state index is 0.460. The van der Waals surface area contributed by atoms with Gasteiger partial charge in [-0.25, -0.2) is 0 Å². The number of hydrogen-bond acceptors (Lipinski definition) is 31. The Balaban J connectivity index is 1.16. The highest BCUT2D eigenvalue weighted by Crippen LogP contribution is 2.37. The Morgan fingerprint density at radius 2 is 0.635 bits per heavy atom. The first-order valence-electron chi connectivity index (χ1n) is 24.2. The van der Waals surface area contributed by atoms with Crippen LogP contribution in [-0.2, 0) is 61.6 Å². The highest BCUT2D eigenvalue weighted by Gasteiger charge is 2.57. The Labute approximate surface area is 423 Å². The highest BCUT2D eigenvalue weighted by atomic mass is 16.8. The monoisotopic (exact) mass is 1090 g/mol. The Morgan fingerprint density at radius 3 is 1.01 bits per heavy atom. The van der Waals surface area contributed by atoms with E-state index in [1.807, 2.05) is 0 Å². The fraction of sp³-hybridized carbons (Fsp3) is 1.00. The minimum Gasteiger partial charge on any atom is -0.394 e. The summed E-state index contributed by atoms with van der Waals surface area (Å²) in [6, 6.07) is 0. The van der Waals surface area contributed by atoms with Gasteiger partial charge in [-0.3, -0.25) is 0 Å². The number of aliphatic hydroxyl groups is 18. The molecular weight excluding hydrogens is 1010 g/mol. The van der Waals surface area contributed by atoms with E-state index in [2.05, 4.69) is 0 Å². The summed E-state index contributed by atoms with van der Waals surface area (Å²) in [5.41, 5.74) is -0.912. The van der Waals surface area contributed by atoms with Gasteiger partial charge in [0.05, 0.1) is 51.3 Å². The van der Waals surface area contributed by atoms with Crippen molar-refractivity contribution in [2.45, 2.75) is 231 Å². The van der Waals surface area contributed by atoms with Crippen molar-refractivity contribution in [3.8, 4) is 0 Å². The van der Waals surface area contributed by atoms with Gasteiger partial charge in [0, 0.05) is 0 Å². The van der Waals surface area contributed by atoms with Gasteiger partial charge in [-0.1, -0.05) is 0 Å². The standard InChI is InChI=1S/C43H76O31/c1-12(2)63-31-14(7-45)66-39(27(57)21(31)51)72-34-16(9-47)67-40(28(58)22(34)52)71-33-15(8-46)65-38(26(56)20(33)50)62-11-18-35(73-41-30(60)24(54)36(17(10-48)68-41)74-43(3,4)5)23(53)29(59)42(69-18)70-32-13(6-44)64-37(61)25(55)19(32)49/h12-42,44-61H,6-11H2,1-5H3. The van der Waals surface area contributed by atoms with E-state index in [1.54, 1.807) is 34.6 Å². The van der Waals surface area contributed by atoms with E-state index in [1.165, 1.54) is 0 Å². The lowest BCUT2D eigenvalue weighted by Crippen LogP contribution is -2.67. The van der Waals surface area contributed by atoms with Gasteiger partial charge < -0.3 is 153 Å². The van der Waals surface area contributed by atoms with E-state index < -0.39 is 236 Å². The summed E-state index contributed by atoms with van der Waals surface area (Å²) in [7, 11) is 0.